The number of halogens is 1. The number of hydrogen-bond donors (Lipinski definition) is 1. The molecule has 0 fully saturated rings. The molecule has 0 aliphatic carbocycles. The third-order valence-electron chi connectivity index (χ3n) is 4.06. The van der Waals surface area contributed by atoms with Crippen molar-refractivity contribution in [3.63, 3.8) is 0 Å². The number of aliphatic hydroxyl groups is 1. The molecule has 0 spiro atoms. The first-order valence-corrected chi connectivity index (χ1v) is 7.92. The molecule has 0 heterocycles. The summed E-state index contributed by atoms with van der Waals surface area (Å²) in [5.41, 5.74) is 4.72. The van der Waals surface area contributed by atoms with E-state index in [1.165, 1.54) is 11.1 Å². The van der Waals surface area contributed by atoms with Gasteiger partial charge in [-0.25, -0.2) is 0 Å². The van der Waals surface area contributed by atoms with E-state index in [2.05, 4.69) is 31.2 Å². The van der Waals surface area contributed by atoms with Gasteiger partial charge in [-0.1, -0.05) is 54.9 Å². The van der Waals surface area contributed by atoms with Crippen molar-refractivity contribution in [1.82, 2.24) is 0 Å². The van der Waals surface area contributed by atoms with Gasteiger partial charge in [0.2, 0.25) is 0 Å². The lowest BCUT2D eigenvalue weighted by atomic mass is 9.88. The van der Waals surface area contributed by atoms with Gasteiger partial charge in [0.1, 0.15) is 0 Å². The highest BCUT2D eigenvalue weighted by atomic mass is 35.5. The smallest absolute Gasteiger partial charge is 0.0762 e. The van der Waals surface area contributed by atoms with Gasteiger partial charge >= 0.3 is 0 Å². The minimum Gasteiger partial charge on any atom is -0.389 e. The zero-order valence-corrected chi connectivity index (χ0v) is 13.7. The predicted octanol–water partition coefficient (Wildman–Crippen LogP) is 5.44. The summed E-state index contributed by atoms with van der Waals surface area (Å²) in [6.07, 6.45) is 1.65. The van der Waals surface area contributed by atoms with E-state index in [0.29, 0.717) is 5.92 Å². The number of aliphatic hydroxyl groups excluding tert-OH is 1. The molecule has 2 heteroatoms. The highest BCUT2D eigenvalue weighted by molar-refractivity contribution is 6.31. The van der Waals surface area contributed by atoms with Crippen molar-refractivity contribution in [2.45, 2.75) is 45.6 Å². The molecule has 2 aromatic carbocycles. The van der Waals surface area contributed by atoms with Crippen LogP contribution in [0.15, 0.2) is 42.5 Å². The van der Waals surface area contributed by atoms with Crippen LogP contribution in [0.1, 0.15) is 54.5 Å². The topological polar surface area (TPSA) is 20.2 Å². The molecule has 1 N–H and O–H groups in total. The Hall–Kier alpha value is -1.31. The molecular formula is C19H23ClO. The van der Waals surface area contributed by atoms with Gasteiger partial charge in [-0.3, -0.25) is 0 Å². The number of rotatable bonds is 5. The van der Waals surface area contributed by atoms with Gasteiger partial charge in [-0.05, 0) is 60.9 Å². The van der Waals surface area contributed by atoms with Crippen molar-refractivity contribution >= 4 is 11.6 Å². The Bertz CT molecular complexity index is 604. The average molecular weight is 303 g/mol. The van der Waals surface area contributed by atoms with E-state index in [-0.39, 0.29) is 0 Å². The second-order valence-electron chi connectivity index (χ2n) is 5.74. The highest BCUT2D eigenvalue weighted by Crippen LogP contribution is 2.28. The van der Waals surface area contributed by atoms with Crippen LogP contribution in [0.2, 0.25) is 5.02 Å². The Morgan fingerprint density at radius 3 is 2.48 bits per heavy atom. The van der Waals surface area contributed by atoms with E-state index in [4.69, 9.17) is 11.6 Å². The third kappa shape index (κ3) is 4.09. The summed E-state index contributed by atoms with van der Waals surface area (Å²) in [5.74, 6) is 0.477. The number of hydrogen-bond acceptors (Lipinski definition) is 1. The minimum atomic E-state index is -0.414. The summed E-state index contributed by atoms with van der Waals surface area (Å²) in [4.78, 5) is 0. The maximum absolute atomic E-state index is 9.71. The van der Waals surface area contributed by atoms with E-state index >= 15 is 0 Å². The third-order valence-corrected chi connectivity index (χ3v) is 4.49. The van der Waals surface area contributed by atoms with Crippen molar-refractivity contribution in [3.05, 3.63) is 69.7 Å². The quantitative estimate of drug-likeness (QED) is 0.780. The first kappa shape index (κ1) is 16.1. The Morgan fingerprint density at radius 2 is 1.86 bits per heavy atom. The van der Waals surface area contributed by atoms with Crippen LogP contribution in [-0.2, 0) is 6.42 Å². The molecule has 0 aliphatic heterocycles. The summed E-state index contributed by atoms with van der Waals surface area (Å²) < 4.78 is 0. The fourth-order valence-electron chi connectivity index (χ4n) is 2.68. The molecule has 112 valence electrons. The van der Waals surface area contributed by atoms with Crippen LogP contribution in [0.4, 0.5) is 0 Å². The van der Waals surface area contributed by atoms with Gasteiger partial charge < -0.3 is 5.11 Å². The largest absolute Gasteiger partial charge is 0.389 e. The Kier molecular flexibility index (Phi) is 5.44. The average Bonchev–Trinajstić information content (AvgIpc) is 2.48. The Balaban J connectivity index is 2.22. The van der Waals surface area contributed by atoms with Gasteiger partial charge in [0.05, 0.1) is 6.10 Å². The van der Waals surface area contributed by atoms with Crippen molar-refractivity contribution in [3.8, 4) is 0 Å². The van der Waals surface area contributed by atoms with Crippen LogP contribution < -0.4 is 0 Å². The molecule has 21 heavy (non-hydrogen) atoms. The van der Waals surface area contributed by atoms with E-state index in [9.17, 15) is 5.11 Å². The molecule has 2 atom stereocenters. The first-order chi connectivity index (χ1) is 10.0. The molecule has 0 radical (unpaired) electrons. The Labute approximate surface area is 132 Å². The molecule has 0 bridgehead atoms. The predicted molar refractivity (Wildman–Crippen MR) is 90.0 cm³/mol. The van der Waals surface area contributed by atoms with Crippen LogP contribution in [0.5, 0.6) is 0 Å². The van der Waals surface area contributed by atoms with Crippen molar-refractivity contribution in [2.75, 3.05) is 0 Å². The van der Waals surface area contributed by atoms with E-state index in [0.717, 1.165) is 29.0 Å². The van der Waals surface area contributed by atoms with E-state index < -0.39 is 6.10 Å². The van der Waals surface area contributed by atoms with Crippen molar-refractivity contribution in [2.24, 2.45) is 0 Å². The molecule has 0 saturated heterocycles. The maximum Gasteiger partial charge on any atom is 0.0762 e. The molecule has 2 aromatic rings. The van der Waals surface area contributed by atoms with Crippen LogP contribution in [-0.4, -0.2) is 5.11 Å². The van der Waals surface area contributed by atoms with Gasteiger partial charge in [-0.2, -0.15) is 0 Å². The molecule has 1 nitrogen and oxygen atoms in total. The summed E-state index contributed by atoms with van der Waals surface area (Å²) in [6, 6.07) is 14.5. The molecule has 0 amide bonds. The molecular weight excluding hydrogens is 280 g/mol. The molecule has 0 aliphatic rings. The lowest BCUT2D eigenvalue weighted by molar-refractivity contribution is 0.199. The lowest BCUT2D eigenvalue weighted by Crippen LogP contribution is -2.03. The van der Waals surface area contributed by atoms with Gasteiger partial charge in [-0.15, -0.1) is 0 Å². The van der Waals surface area contributed by atoms with Gasteiger partial charge in [0, 0.05) is 5.02 Å². The normalized spacial score (nSPS) is 14.0. The molecule has 0 aromatic heterocycles. The molecule has 1 unspecified atom stereocenters. The van der Waals surface area contributed by atoms with E-state index in [1.54, 1.807) is 6.92 Å². The monoisotopic (exact) mass is 302 g/mol. The fraction of sp³-hybridized carbons (Fsp3) is 0.368. The van der Waals surface area contributed by atoms with Crippen LogP contribution in [0.25, 0.3) is 0 Å². The summed E-state index contributed by atoms with van der Waals surface area (Å²) in [6.45, 7) is 6.07. The Morgan fingerprint density at radius 1 is 1.10 bits per heavy atom. The SMILES string of the molecule is CC[C@@H](Cc1cccc(C(C)O)c1)c1ccc(Cl)c(C)c1. The second-order valence-corrected chi connectivity index (χ2v) is 6.15. The van der Waals surface area contributed by atoms with Crippen LogP contribution in [0, 0.1) is 6.92 Å². The summed E-state index contributed by atoms with van der Waals surface area (Å²) >= 11 is 6.12. The zero-order chi connectivity index (χ0) is 15.4. The second kappa shape index (κ2) is 7.11. The lowest BCUT2D eigenvalue weighted by Gasteiger charge is -2.17. The van der Waals surface area contributed by atoms with Crippen LogP contribution >= 0.6 is 11.6 Å². The van der Waals surface area contributed by atoms with Crippen LogP contribution in [0.3, 0.4) is 0 Å². The summed E-state index contributed by atoms with van der Waals surface area (Å²) in [7, 11) is 0. The molecule has 0 saturated carbocycles. The van der Waals surface area contributed by atoms with Crippen molar-refractivity contribution in [1.29, 1.82) is 0 Å². The van der Waals surface area contributed by atoms with Gasteiger partial charge in [0.15, 0.2) is 0 Å². The standard InChI is InChI=1S/C19H23ClO/c1-4-16(18-8-9-19(20)13(2)10-18)11-15-6-5-7-17(12-15)14(3)21/h5-10,12,14,16,21H,4,11H2,1-3H3/t14?,16-/m0/s1. The molecule has 2 rings (SSSR count). The maximum atomic E-state index is 9.71. The van der Waals surface area contributed by atoms with E-state index in [1.807, 2.05) is 25.1 Å². The highest BCUT2D eigenvalue weighted by Gasteiger charge is 2.12. The number of aryl methyl sites for hydroxylation is 1. The minimum absolute atomic E-state index is 0.414. The van der Waals surface area contributed by atoms with Crippen molar-refractivity contribution < 1.29 is 5.11 Å². The number of benzene rings is 2. The van der Waals surface area contributed by atoms with Gasteiger partial charge in [0.25, 0.3) is 0 Å². The zero-order valence-electron chi connectivity index (χ0n) is 12.9. The first-order valence-electron chi connectivity index (χ1n) is 7.54. The summed E-state index contributed by atoms with van der Waals surface area (Å²) in [5, 5.41) is 10.5. The fourth-order valence-corrected chi connectivity index (χ4v) is 2.80.